The number of aliphatic hydroxyl groups excluding tert-OH is 4. The molecule has 3 aromatic rings. The van der Waals surface area contributed by atoms with Crippen molar-refractivity contribution in [2.75, 3.05) is 23.8 Å². The largest absolute Gasteiger partial charge is 0.394 e. The fourth-order valence-corrected chi connectivity index (χ4v) is 6.78. The quantitative estimate of drug-likeness (QED) is 0.216. The van der Waals surface area contributed by atoms with E-state index in [1.807, 2.05) is 6.07 Å². The average molecular weight is 699 g/mol. The summed E-state index contributed by atoms with van der Waals surface area (Å²) in [6, 6.07) is 10.4. The van der Waals surface area contributed by atoms with Gasteiger partial charge in [0.05, 0.1) is 34.6 Å². The van der Waals surface area contributed by atoms with Gasteiger partial charge >= 0.3 is 0 Å². The van der Waals surface area contributed by atoms with Crippen molar-refractivity contribution >= 4 is 40.4 Å². The molecule has 1 fully saturated rings. The Balaban J connectivity index is 1.32. The molecule has 6 N–H and O–H groups in total. The predicted molar refractivity (Wildman–Crippen MR) is 177 cm³/mol. The standard InChI is InChI=1S/C35H37ClF2N4O7/c1-17-3-2-4-26(42-12-10-19(14-28(42)44)29-23(37)8-7-22(36)30(29)38)25-13-18(9-11-39-25)21-6-5-20(15-24(21)41-34(17)48)40-35-33(47)32(46)31(45)27(16-43)49-35/h5-9,11,13-15,17,26-27,31-33,35,40,43,45-47H,2-4,10,12,16H2,1H3,(H,41,48)/t17-,26+,27-,31-,32+,33-,35?/m1/s1. The summed E-state index contributed by atoms with van der Waals surface area (Å²) in [4.78, 5) is 33.2. The van der Waals surface area contributed by atoms with Gasteiger partial charge in [0.25, 0.3) is 0 Å². The number of fused-ring (bicyclic) bond motifs is 4. The van der Waals surface area contributed by atoms with E-state index in [1.165, 1.54) is 6.08 Å². The number of ether oxygens (including phenoxy) is 1. The second-order valence-electron chi connectivity index (χ2n) is 12.6. The molecule has 14 heteroatoms. The lowest BCUT2D eigenvalue weighted by Crippen LogP contribution is -2.60. The van der Waals surface area contributed by atoms with Gasteiger partial charge in [0.2, 0.25) is 11.8 Å². The van der Waals surface area contributed by atoms with Crippen molar-refractivity contribution in [1.29, 1.82) is 0 Å². The maximum absolute atomic E-state index is 14.8. The Labute approximate surface area is 286 Å². The van der Waals surface area contributed by atoms with Crippen LogP contribution < -0.4 is 10.6 Å². The van der Waals surface area contributed by atoms with E-state index >= 15 is 0 Å². The SMILES string of the molecule is C[C@@H]1CCC[C@H](N2CCC(c3c(F)ccc(Cl)c3F)=CC2=O)c2cc(ccn2)-c2ccc(NC3O[C@H](CO)[C@@H](O)[C@H](O)[C@H]3O)cc2NC1=O. The Morgan fingerprint density at radius 3 is 2.61 bits per heavy atom. The van der Waals surface area contributed by atoms with E-state index in [1.54, 1.807) is 42.3 Å². The molecule has 0 aliphatic carbocycles. The minimum atomic E-state index is -1.57. The number of nitrogens with zero attached hydrogens (tertiary/aromatic N) is 2. The van der Waals surface area contributed by atoms with Crippen molar-refractivity contribution in [2.45, 2.75) is 69.3 Å². The minimum Gasteiger partial charge on any atom is -0.394 e. The van der Waals surface area contributed by atoms with Crippen molar-refractivity contribution < 1.29 is 43.5 Å². The summed E-state index contributed by atoms with van der Waals surface area (Å²) in [5.41, 5.74) is 2.72. The van der Waals surface area contributed by atoms with Crippen molar-refractivity contribution in [2.24, 2.45) is 5.92 Å². The van der Waals surface area contributed by atoms with Crippen molar-refractivity contribution in [3.8, 4) is 11.1 Å². The zero-order valence-electron chi connectivity index (χ0n) is 26.5. The first kappa shape index (κ1) is 34.9. The number of amides is 2. The molecule has 0 radical (unpaired) electrons. The van der Waals surface area contributed by atoms with Gasteiger partial charge in [-0.1, -0.05) is 31.0 Å². The van der Waals surface area contributed by atoms with Crippen LogP contribution in [0.3, 0.4) is 0 Å². The Bertz CT molecular complexity index is 1780. The van der Waals surface area contributed by atoms with Gasteiger partial charge in [-0.2, -0.15) is 0 Å². The molecule has 3 aliphatic rings. The van der Waals surface area contributed by atoms with E-state index < -0.39 is 66.8 Å². The fourth-order valence-electron chi connectivity index (χ4n) is 6.62. The fraction of sp³-hybridized carbons (Fsp3) is 0.400. The number of anilines is 2. The number of carbonyl (C=O) groups is 2. The van der Waals surface area contributed by atoms with E-state index in [4.69, 9.17) is 16.3 Å². The lowest BCUT2D eigenvalue weighted by molar-refractivity contribution is -0.221. The maximum Gasteiger partial charge on any atom is 0.247 e. The van der Waals surface area contributed by atoms with Crippen LogP contribution in [0.1, 0.15) is 49.9 Å². The molecule has 2 bridgehead atoms. The van der Waals surface area contributed by atoms with Gasteiger partial charge < -0.3 is 40.7 Å². The summed E-state index contributed by atoms with van der Waals surface area (Å²) in [6.07, 6.45) is -2.22. The molecule has 260 valence electrons. The number of carbonyl (C=O) groups excluding carboxylic acids is 2. The highest BCUT2D eigenvalue weighted by Gasteiger charge is 2.43. The van der Waals surface area contributed by atoms with Crippen LogP contribution >= 0.6 is 11.6 Å². The van der Waals surface area contributed by atoms with Crippen molar-refractivity contribution in [3.63, 3.8) is 0 Å². The van der Waals surface area contributed by atoms with E-state index in [0.29, 0.717) is 47.5 Å². The van der Waals surface area contributed by atoms with Gasteiger partial charge in [0.1, 0.15) is 30.2 Å². The normalized spacial score (nSPS) is 27.7. The van der Waals surface area contributed by atoms with Crippen molar-refractivity contribution in [3.05, 3.63) is 82.7 Å². The molecule has 0 saturated carbocycles. The molecule has 1 saturated heterocycles. The average Bonchev–Trinajstić information content (AvgIpc) is 3.09. The molecule has 49 heavy (non-hydrogen) atoms. The third-order valence-electron chi connectivity index (χ3n) is 9.42. The first-order valence-electron chi connectivity index (χ1n) is 16.1. The van der Waals surface area contributed by atoms with Crippen LogP contribution in [0.25, 0.3) is 16.7 Å². The van der Waals surface area contributed by atoms with Gasteiger partial charge in [-0.25, -0.2) is 8.78 Å². The zero-order chi connectivity index (χ0) is 35.0. The van der Waals surface area contributed by atoms with Gasteiger partial charge in [0.15, 0.2) is 12.0 Å². The van der Waals surface area contributed by atoms with Crippen LogP contribution in [-0.4, -0.2) is 85.9 Å². The second-order valence-corrected chi connectivity index (χ2v) is 13.0. The highest BCUT2D eigenvalue weighted by atomic mass is 35.5. The molecular weight excluding hydrogens is 662 g/mol. The number of aromatic nitrogens is 1. The molecule has 6 rings (SSSR count). The molecule has 0 spiro atoms. The van der Waals surface area contributed by atoms with Gasteiger partial charge in [-0.3, -0.25) is 14.6 Å². The lowest BCUT2D eigenvalue weighted by atomic mass is 9.92. The summed E-state index contributed by atoms with van der Waals surface area (Å²) in [7, 11) is 0. The maximum atomic E-state index is 14.8. The van der Waals surface area contributed by atoms with E-state index in [9.17, 15) is 38.8 Å². The summed E-state index contributed by atoms with van der Waals surface area (Å²) in [6.45, 7) is 1.41. The summed E-state index contributed by atoms with van der Waals surface area (Å²) < 4.78 is 35.0. The lowest BCUT2D eigenvalue weighted by Gasteiger charge is -2.40. The number of pyridine rings is 1. The molecule has 7 atom stereocenters. The first-order chi connectivity index (χ1) is 23.5. The molecule has 1 aromatic heterocycles. The highest BCUT2D eigenvalue weighted by Crippen LogP contribution is 2.38. The number of halogens is 3. The van der Waals surface area contributed by atoms with Crippen molar-refractivity contribution in [1.82, 2.24) is 9.88 Å². The smallest absolute Gasteiger partial charge is 0.247 e. The Morgan fingerprint density at radius 1 is 1.06 bits per heavy atom. The van der Waals surface area contributed by atoms with E-state index in [2.05, 4.69) is 15.6 Å². The summed E-state index contributed by atoms with van der Waals surface area (Å²) in [5, 5.41) is 46.2. The highest BCUT2D eigenvalue weighted by molar-refractivity contribution is 6.31. The third kappa shape index (κ3) is 7.05. The molecule has 2 aromatic carbocycles. The zero-order valence-corrected chi connectivity index (χ0v) is 27.3. The number of hydrogen-bond acceptors (Lipinski definition) is 9. The second kappa shape index (κ2) is 14.5. The van der Waals surface area contributed by atoms with Crippen LogP contribution in [0.4, 0.5) is 20.2 Å². The Hall–Kier alpha value is -3.98. The number of benzene rings is 2. The molecule has 1 unspecified atom stereocenters. The Morgan fingerprint density at radius 2 is 1.86 bits per heavy atom. The minimum absolute atomic E-state index is 0.187. The number of aliphatic hydroxyl groups is 4. The Kier molecular flexibility index (Phi) is 10.3. The molecule has 3 aliphatic heterocycles. The predicted octanol–water partition coefficient (Wildman–Crippen LogP) is 4.01. The monoisotopic (exact) mass is 698 g/mol. The van der Waals surface area contributed by atoms with Crippen LogP contribution in [0, 0.1) is 17.6 Å². The van der Waals surface area contributed by atoms with Gasteiger partial charge in [-0.05, 0) is 66.8 Å². The van der Waals surface area contributed by atoms with Crippen LogP contribution in [0.15, 0.2) is 54.7 Å². The van der Waals surface area contributed by atoms with E-state index in [0.717, 1.165) is 12.1 Å². The first-order valence-corrected chi connectivity index (χ1v) is 16.5. The number of rotatable bonds is 5. The molecule has 11 nitrogen and oxygen atoms in total. The van der Waals surface area contributed by atoms with Gasteiger partial charge in [-0.15, -0.1) is 0 Å². The number of nitrogens with one attached hydrogen (secondary N) is 2. The van der Waals surface area contributed by atoms with Crippen LogP contribution in [-0.2, 0) is 14.3 Å². The molecule has 4 heterocycles. The summed E-state index contributed by atoms with van der Waals surface area (Å²) >= 11 is 5.91. The summed E-state index contributed by atoms with van der Waals surface area (Å²) in [5.74, 6) is -2.76. The van der Waals surface area contributed by atoms with Crippen LogP contribution in [0.5, 0.6) is 0 Å². The van der Waals surface area contributed by atoms with Crippen LogP contribution in [0.2, 0.25) is 5.02 Å². The topological polar surface area (TPSA) is 164 Å². The third-order valence-corrected chi connectivity index (χ3v) is 9.71. The van der Waals surface area contributed by atoms with Gasteiger partial charge in [0, 0.05) is 36.0 Å². The number of hydrogen-bond donors (Lipinski definition) is 6. The molecule has 2 amide bonds. The van der Waals surface area contributed by atoms with E-state index in [-0.39, 0.29) is 35.0 Å². The molecular formula is C35H37ClF2N4O7.